The first kappa shape index (κ1) is 18.9. The molecular weight excluding hydrogens is 298 g/mol. The Hall–Kier alpha value is -2.11. The van der Waals surface area contributed by atoms with Crippen molar-refractivity contribution in [1.29, 1.82) is 0 Å². The van der Waals surface area contributed by atoms with Crippen LogP contribution in [-0.4, -0.2) is 35.5 Å². The van der Waals surface area contributed by atoms with Gasteiger partial charge in [-0.1, -0.05) is 13.3 Å². The molecule has 0 aliphatic heterocycles. The summed E-state index contributed by atoms with van der Waals surface area (Å²) in [6.45, 7) is 9.40. The number of aromatic nitrogens is 1. The second-order valence-electron chi connectivity index (χ2n) is 5.19. The summed E-state index contributed by atoms with van der Waals surface area (Å²) in [5.41, 5.74) is 0.965. The number of carbonyl (C=O) groups excluding carboxylic acids is 3. The molecule has 0 fully saturated rings. The summed E-state index contributed by atoms with van der Waals surface area (Å²) < 4.78 is 11.8. The van der Waals surface area contributed by atoms with Crippen molar-refractivity contribution in [2.75, 3.05) is 13.2 Å². The van der Waals surface area contributed by atoms with Gasteiger partial charge in [0.05, 0.1) is 18.8 Å². The standard InChI is InChI=1S/C17H25NO5/c1-6-9-10-18-11(4)13(12(5)19)14(16(20)22-7-2)15(18)17(21)23-8-3/h6-10H2,1-5H3. The number of rotatable bonds is 8. The summed E-state index contributed by atoms with van der Waals surface area (Å²) in [4.78, 5) is 36.8. The van der Waals surface area contributed by atoms with E-state index >= 15 is 0 Å². The van der Waals surface area contributed by atoms with E-state index in [4.69, 9.17) is 9.47 Å². The maximum absolute atomic E-state index is 12.4. The molecule has 6 heteroatoms. The summed E-state index contributed by atoms with van der Waals surface area (Å²) in [6, 6.07) is 0. The monoisotopic (exact) mass is 323 g/mol. The number of Topliss-reactive ketones (excluding diaryl/α,β-unsaturated/α-hetero) is 1. The number of ketones is 1. The minimum Gasteiger partial charge on any atom is -0.462 e. The van der Waals surface area contributed by atoms with Gasteiger partial charge in [0.2, 0.25) is 0 Å². The van der Waals surface area contributed by atoms with E-state index in [9.17, 15) is 14.4 Å². The van der Waals surface area contributed by atoms with Crippen LogP contribution in [0.3, 0.4) is 0 Å². The van der Waals surface area contributed by atoms with Gasteiger partial charge in [0, 0.05) is 12.2 Å². The van der Waals surface area contributed by atoms with Gasteiger partial charge >= 0.3 is 11.9 Å². The third-order valence-corrected chi connectivity index (χ3v) is 3.56. The third-order valence-electron chi connectivity index (χ3n) is 3.56. The van der Waals surface area contributed by atoms with Crippen molar-refractivity contribution in [3.63, 3.8) is 0 Å². The zero-order chi connectivity index (χ0) is 17.6. The maximum Gasteiger partial charge on any atom is 0.355 e. The molecular formula is C17H25NO5. The summed E-state index contributed by atoms with van der Waals surface area (Å²) in [5.74, 6) is -1.55. The SMILES string of the molecule is CCCCn1c(C)c(C(C)=O)c(C(=O)OCC)c1C(=O)OCC. The lowest BCUT2D eigenvalue weighted by molar-refractivity contribution is 0.0469. The minimum atomic E-state index is -0.667. The molecule has 1 heterocycles. The Morgan fingerprint density at radius 2 is 1.52 bits per heavy atom. The van der Waals surface area contributed by atoms with Crippen molar-refractivity contribution in [1.82, 2.24) is 4.57 Å². The first-order chi connectivity index (χ1) is 10.9. The van der Waals surface area contributed by atoms with E-state index in [0.29, 0.717) is 12.2 Å². The maximum atomic E-state index is 12.4. The Labute approximate surface area is 136 Å². The van der Waals surface area contributed by atoms with Crippen LogP contribution in [0.1, 0.15) is 77.4 Å². The predicted molar refractivity (Wildman–Crippen MR) is 86.0 cm³/mol. The number of unbranched alkanes of at least 4 members (excludes halogenated alkanes) is 1. The number of esters is 2. The van der Waals surface area contributed by atoms with Gasteiger partial charge in [-0.2, -0.15) is 0 Å². The molecule has 128 valence electrons. The van der Waals surface area contributed by atoms with Gasteiger partial charge in [-0.15, -0.1) is 0 Å². The molecule has 0 amide bonds. The Bertz CT molecular complexity index is 601. The van der Waals surface area contributed by atoms with Crippen molar-refractivity contribution in [2.24, 2.45) is 0 Å². The van der Waals surface area contributed by atoms with Crippen LogP contribution in [0, 0.1) is 6.92 Å². The van der Waals surface area contributed by atoms with Gasteiger partial charge in [0.1, 0.15) is 11.3 Å². The molecule has 0 unspecified atom stereocenters. The molecule has 1 aromatic heterocycles. The first-order valence-electron chi connectivity index (χ1n) is 7.98. The molecule has 0 saturated carbocycles. The molecule has 0 saturated heterocycles. The third kappa shape index (κ3) is 4.00. The molecule has 0 aromatic carbocycles. The Balaban J connectivity index is 3.62. The fraction of sp³-hybridized carbons (Fsp3) is 0.588. The van der Waals surface area contributed by atoms with Crippen molar-refractivity contribution < 1.29 is 23.9 Å². The van der Waals surface area contributed by atoms with E-state index in [-0.39, 0.29) is 35.8 Å². The topological polar surface area (TPSA) is 74.6 Å². The Morgan fingerprint density at radius 1 is 0.957 bits per heavy atom. The molecule has 0 N–H and O–H groups in total. The number of hydrogen-bond donors (Lipinski definition) is 0. The molecule has 1 aromatic rings. The van der Waals surface area contributed by atoms with E-state index in [1.165, 1.54) is 6.92 Å². The molecule has 0 radical (unpaired) electrons. The molecule has 1 rings (SSSR count). The van der Waals surface area contributed by atoms with Gasteiger partial charge in [-0.25, -0.2) is 9.59 Å². The van der Waals surface area contributed by atoms with E-state index in [2.05, 4.69) is 0 Å². The summed E-state index contributed by atoms with van der Waals surface area (Å²) >= 11 is 0. The van der Waals surface area contributed by atoms with Crippen LogP contribution in [-0.2, 0) is 16.0 Å². The normalized spacial score (nSPS) is 10.5. The molecule has 23 heavy (non-hydrogen) atoms. The number of ether oxygens (including phenoxy) is 2. The number of nitrogens with zero attached hydrogens (tertiary/aromatic N) is 1. The van der Waals surface area contributed by atoms with Crippen molar-refractivity contribution >= 4 is 17.7 Å². The van der Waals surface area contributed by atoms with Gasteiger partial charge in [0.25, 0.3) is 0 Å². The fourth-order valence-corrected chi connectivity index (χ4v) is 2.58. The lowest BCUT2D eigenvalue weighted by Gasteiger charge is -2.11. The summed E-state index contributed by atoms with van der Waals surface area (Å²) in [6.07, 6.45) is 1.74. The molecule has 0 aliphatic carbocycles. The number of hydrogen-bond acceptors (Lipinski definition) is 5. The lowest BCUT2D eigenvalue weighted by atomic mass is 10.1. The molecule has 0 spiro atoms. The second kappa shape index (κ2) is 8.50. The smallest absolute Gasteiger partial charge is 0.355 e. The highest BCUT2D eigenvalue weighted by molar-refractivity contribution is 6.12. The molecule has 0 bridgehead atoms. The number of carbonyl (C=O) groups is 3. The molecule has 0 atom stereocenters. The van der Waals surface area contributed by atoms with Gasteiger partial charge < -0.3 is 14.0 Å². The summed E-state index contributed by atoms with van der Waals surface area (Å²) in [5, 5.41) is 0. The van der Waals surface area contributed by atoms with Crippen LogP contribution in [0.4, 0.5) is 0 Å². The zero-order valence-electron chi connectivity index (χ0n) is 14.5. The fourth-order valence-electron chi connectivity index (χ4n) is 2.58. The second-order valence-corrected chi connectivity index (χ2v) is 5.19. The lowest BCUT2D eigenvalue weighted by Crippen LogP contribution is -2.18. The average Bonchev–Trinajstić information content (AvgIpc) is 2.78. The predicted octanol–water partition coefficient (Wildman–Crippen LogP) is 3.15. The highest BCUT2D eigenvalue weighted by atomic mass is 16.5. The Kier molecular flexibility index (Phi) is 7.00. The van der Waals surface area contributed by atoms with Crippen molar-refractivity contribution in [3.05, 3.63) is 22.5 Å². The molecule has 0 aliphatic rings. The van der Waals surface area contributed by atoms with Gasteiger partial charge in [0.15, 0.2) is 5.78 Å². The van der Waals surface area contributed by atoms with E-state index in [1.54, 1.807) is 25.3 Å². The van der Waals surface area contributed by atoms with Crippen LogP contribution in [0.2, 0.25) is 0 Å². The van der Waals surface area contributed by atoms with E-state index in [1.807, 2.05) is 6.92 Å². The van der Waals surface area contributed by atoms with Crippen molar-refractivity contribution in [2.45, 2.75) is 54.0 Å². The zero-order valence-corrected chi connectivity index (χ0v) is 14.5. The highest BCUT2D eigenvalue weighted by Gasteiger charge is 2.32. The van der Waals surface area contributed by atoms with E-state index in [0.717, 1.165) is 12.8 Å². The largest absolute Gasteiger partial charge is 0.462 e. The van der Waals surface area contributed by atoms with Crippen molar-refractivity contribution in [3.8, 4) is 0 Å². The van der Waals surface area contributed by atoms with E-state index < -0.39 is 11.9 Å². The van der Waals surface area contributed by atoms with Crippen LogP contribution in [0.15, 0.2) is 0 Å². The Morgan fingerprint density at radius 3 is 2.00 bits per heavy atom. The molecule has 6 nitrogen and oxygen atoms in total. The van der Waals surface area contributed by atoms with Crippen LogP contribution in [0.5, 0.6) is 0 Å². The van der Waals surface area contributed by atoms with Gasteiger partial charge in [-0.05, 0) is 34.1 Å². The first-order valence-corrected chi connectivity index (χ1v) is 7.98. The minimum absolute atomic E-state index is 0.0198. The summed E-state index contributed by atoms with van der Waals surface area (Å²) in [7, 11) is 0. The highest BCUT2D eigenvalue weighted by Crippen LogP contribution is 2.26. The van der Waals surface area contributed by atoms with Crippen LogP contribution < -0.4 is 0 Å². The average molecular weight is 323 g/mol. The quantitative estimate of drug-likeness (QED) is 0.542. The van der Waals surface area contributed by atoms with Gasteiger partial charge in [-0.3, -0.25) is 4.79 Å². The van der Waals surface area contributed by atoms with Crippen LogP contribution >= 0.6 is 0 Å². The van der Waals surface area contributed by atoms with Crippen LogP contribution in [0.25, 0.3) is 0 Å².